The van der Waals surface area contributed by atoms with Crippen molar-refractivity contribution >= 4 is 90.3 Å². The lowest BCUT2D eigenvalue weighted by molar-refractivity contribution is -0.123. The van der Waals surface area contributed by atoms with Gasteiger partial charge in [-0.3, -0.25) is 25.0 Å². The third-order valence-electron chi connectivity index (χ3n) is 3.76. The van der Waals surface area contributed by atoms with E-state index >= 15 is 0 Å². The molecule has 0 bridgehead atoms. The Labute approximate surface area is 198 Å². The zero-order valence-electron chi connectivity index (χ0n) is 14.9. The molecule has 1 heterocycles. The number of carbonyl (C=O) groups excluding carboxylic acids is 3. The number of ether oxygens (including phenoxy) is 1. The largest absolute Gasteiger partial charge is 0.482 e. The lowest BCUT2D eigenvalue weighted by Gasteiger charge is -2.17. The highest BCUT2D eigenvalue weighted by atomic mass is 79.9. The van der Waals surface area contributed by atoms with Crippen molar-refractivity contribution in [3.05, 3.63) is 61.5 Å². The second-order valence-corrected chi connectivity index (χ2v) is 8.56. The van der Waals surface area contributed by atoms with E-state index in [0.717, 1.165) is 0 Å². The molecule has 2 aromatic carbocycles. The highest BCUT2D eigenvalue weighted by molar-refractivity contribution is 9.11. The van der Waals surface area contributed by atoms with Gasteiger partial charge in [0.05, 0.1) is 4.47 Å². The van der Waals surface area contributed by atoms with Crippen LogP contribution in [0.1, 0.15) is 5.56 Å². The van der Waals surface area contributed by atoms with E-state index in [1.165, 1.54) is 6.08 Å². The Morgan fingerprint density at radius 1 is 1.13 bits per heavy atom. The molecule has 1 aliphatic rings. The van der Waals surface area contributed by atoms with E-state index in [1.54, 1.807) is 36.4 Å². The third-order valence-corrected chi connectivity index (χ3v) is 5.26. The number of carbonyl (C=O) groups is 3. The number of thiocarbonyl (C=S) groups is 1. The Kier molecular flexibility index (Phi) is 7.24. The van der Waals surface area contributed by atoms with Gasteiger partial charge in [-0.05, 0) is 70.6 Å². The molecule has 154 valence electrons. The van der Waals surface area contributed by atoms with E-state index in [0.29, 0.717) is 25.2 Å². The molecule has 0 spiro atoms. The standard InChI is InChI=1S/C19H12Br2ClN3O4S/c20-10-5-9(6-13-17(27)24-19(30)25-18(13)28)16(14(21)7-10)29-8-15(26)23-12-3-1-11(22)2-4-12/h1-7H,8H2,(H,23,26)(H2,24,25,27,28,30). The normalized spacial score (nSPS) is 13.4. The highest BCUT2D eigenvalue weighted by Gasteiger charge is 2.26. The molecule has 0 unspecified atom stereocenters. The van der Waals surface area contributed by atoms with E-state index in [1.807, 2.05) is 0 Å². The topological polar surface area (TPSA) is 96.5 Å². The zero-order chi connectivity index (χ0) is 21.8. The third kappa shape index (κ3) is 5.66. The molecule has 0 aromatic heterocycles. The van der Waals surface area contributed by atoms with Crippen molar-refractivity contribution < 1.29 is 19.1 Å². The van der Waals surface area contributed by atoms with Crippen molar-refractivity contribution in [2.24, 2.45) is 0 Å². The van der Waals surface area contributed by atoms with Crippen molar-refractivity contribution in [1.29, 1.82) is 0 Å². The minimum absolute atomic E-state index is 0.0621. The molecule has 0 saturated carbocycles. The fourth-order valence-electron chi connectivity index (χ4n) is 2.47. The molecule has 1 saturated heterocycles. The maximum Gasteiger partial charge on any atom is 0.263 e. The molecule has 2 aromatic rings. The SMILES string of the molecule is O=C(COc1c(Br)cc(Br)cc1C=C1C(=O)NC(=S)NC1=O)Nc1ccc(Cl)cc1. The summed E-state index contributed by atoms with van der Waals surface area (Å²) in [6.07, 6.45) is 1.36. The van der Waals surface area contributed by atoms with Crippen molar-refractivity contribution in [3.63, 3.8) is 0 Å². The van der Waals surface area contributed by atoms with Crippen LogP contribution >= 0.6 is 55.7 Å². The van der Waals surface area contributed by atoms with Gasteiger partial charge in [0.25, 0.3) is 17.7 Å². The summed E-state index contributed by atoms with van der Waals surface area (Å²) in [5.74, 6) is -1.38. The van der Waals surface area contributed by atoms with Crippen molar-refractivity contribution in [3.8, 4) is 5.75 Å². The number of benzene rings is 2. The summed E-state index contributed by atoms with van der Waals surface area (Å²) in [6, 6.07) is 9.99. The number of anilines is 1. The average molecular weight is 574 g/mol. The van der Waals surface area contributed by atoms with Crippen LogP contribution in [0.4, 0.5) is 5.69 Å². The molecule has 3 N–H and O–H groups in total. The van der Waals surface area contributed by atoms with Gasteiger partial charge in [0.2, 0.25) is 0 Å². The molecular weight excluding hydrogens is 562 g/mol. The first-order chi connectivity index (χ1) is 14.2. The van der Waals surface area contributed by atoms with Gasteiger partial charge in [-0.1, -0.05) is 27.5 Å². The van der Waals surface area contributed by atoms with E-state index in [2.05, 4.69) is 47.8 Å². The molecular formula is C19H12Br2ClN3O4S. The smallest absolute Gasteiger partial charge is 0.263 e. The summed E-state index contributed by atoms with van der Waals surface area (Å²) < 4.78 is 6.87. The van der Waals surface area contributed by atoms with Crippen LogP contribution in [-0.4, -0.2) is 29.4 Å². The van der Waals surface area contributed by atoms with Crippen LogP contribution in [0, 0.1) is 0 Å². The quantitative estimate of drug-likeness (QED) is 0.287. The summed E-state index contributed by atoms with van der Waals surface area (Å²) in [5, 5.41) is 7.91. The van der Waals surface area contributed by atoms with Gasteiger partial charge < -0.3 is 10.1 Å². The molecule has 1 fully saturated rings. The predicted molar refractivity (Wildman–Crippen MR) is 124 cm³/mol. The molecule has 30 heavy (non-hydrogen) atoms. The fourth-order valence-corrected chi connectivity index (χ4v) is 4.15. The molecule has 11 heteroatoms. The minimum atomic E-state index is -0.633. The average Bonchev–Trinajstić information content (AvgIpc) is 2.65. The van der Waals surface area contributed by atoms with Crippen LogP contribution < -0.4 is 20.7 Å². The Bertz CT molecular complexity index is 1070. The van der Waals surface area contributed by atoms with Crippen molar-refractivity contribution in [2.75, 3.05) is 11.9 Å². The first-order valence-corrected chi connectivity index (χ1v) is 10.7. The lowest BCUT2D eigenvalue weighted by Crippen LogP contribution is -2.51. The van der Waals surface area contributed by atoms with Crippen LogP contribution in [0.25, 0.3) is 6.08 Å². The summed E-state index contributed by atoms with van der Waals surface area (Å²) in [5.41, 5.74) is 0.824. The number of hydrogen-bond donors (Lipinski definition) is 3. The summed E-state index contributed by atoms with van der Waals surface area (Å²) in [7, 11) is 0. The Balaban J connectivity index is 1.81. The molecule has 7 nitrogen and oxygen atoms in total. The first-order valence-electron chi connectivity index (χ1n) is 8.28. The van der Waals surface area contributed by atoms with Crippen LogP contribution in [-0.2, 0) is 14.4 Å². The molecule has 3 rings (SSSR count). The van der Waals surface area contributed by atoms with Crippen molar-refractivity contribution in [2.45, 2.75) is 0 Å². The van der Waals surface area contributed by atoms with E-state index in [4.69, 9.17) is 28.6 Å². The highest BCUT2D eigenvalue weighted by Crippen LogP contribution is 2.34. The Morgan fingerprint density at radius 2 is 1.77 bits per heavy atom. The van der Waals surface area contributed by atoms with Crippen molar-refractivity contribution in [1.82, 2.24) is 10.6 Å². The molecule has 0 radical (unpaired) electrons. The van der Waals surface area contributed by atoms with Gasteiger partial charge >= 0.3 is 0 Å². The summed E-state index contributed by atoms with van der Waals surface area (Å²) in [4.78, 5) is 36.5. The van der Waals surface area contributed by atoms with Gasteiger partial charge in [0, 0.05) is 20.7 Å². The maximum absolute atomic E-state index is 12.2. The zero-order valence-corrected chi connectivity index (χ0v) is 19.7. The first kappa shape index (κ1) is 22.4. The predicted octanol–water partition coefficient (Wildman–Crippen LogP) is 3.80. The fraction of sp³-hybridized carbons (Fsp3) is 0.0526. The molecule has 0 aliphatic carbocycles. The lowest BCUT2D eigenvalue weighted by atomic mass is 10.1. The maximum atomic E-state index is 12.2. The number of hydrogen-bond acceptors (Lipinski definition) is 5. The number of halogens is 3. The minimum Gasteiger partial charge on any atom is -0.482 e. The van der Waals surface area contributed by atoms with E-state index in [9.17, 15) is 14.4 Å². The number of amides is 3. The monoisotopic (exact) mass is 571 g/mol. The summed E-state index contributed by atoms with van der Waals surface area (Å²) >= 11 is 17.4. The van der Waals surface area contributed by atoms with Gasteiger partial charge in [0.1, 0.15) is 11.3 Å². The van der Waals surface area contributed by atoms with Gasteiger partial charge in [0.15, 0.2) is 11.7 Å². The van der Waals surface area contributed by atoms with Gasteiger partial charge in [-0.15, -0.1) is 0 Å². The van der Waals surface area contributed by atoms with Gasteiger partial charge in [-0.25, -0.2) is 0 Å². The van der Waals surface area contributed by atoms with Crippen LogP contribution in [0.5, 0.6) is 5.75 Å². The van der Waals surface area contributed by atoms with E-state index in [-0.39, 0.29) is 23.0 Å². The van der Waals surface area contributed by atoms with Gasteiger partial charge in [-0.2, -0.15) is 0 Å². The summed E-state index contributed by atoms with van der Waals surface area (Å²) in [6.45, 7) is -0.304. The van der Waals surface area contributed by atoms with Crippen LogP contribution in [0.2, 0.25) is 5.02 Å². The Morgan fingerprint density at radius 3 is 2.40 bits per heavy atom. The molecule has 0 atom stereocenters. The van der Waals surface area contributed by atoms with Crippen LogP contribution in [0.15, 0.2) is 50.9 Å². The molecule has 1 aliphatic heterocycles. The second kappa shape index (κ2) is 9.69. The second-order valence-electron chi connectivity index (χ2n) is 5.95. The van der Waals surface area contributed by atoms with E-state index < -0.39 is 17.7 Å². The van der Waals surface area contributed by atoms with Crippen LogP contribution in [0.3, 0.4) is 0 Å². The Hall–Kier alpha value is -2.27. The number of nitrogens with one attached hydrogen (secondary N) is 3. The number of rotatable bonds is 5. The molecule has 3 amide bonds.